The maximum atomic E-state index is 12.0. The minimum absolute atomic E-state index is 0.00673. The zero-order chi connectivity index (χ0) is 13.5. The van der Waals surface area contributed by atoms with Crippen LogP contribution in [-0.2, 0) is 9.59 Å². The molecule has 1 rings (SSSR count). The summed E-state index contributed by atoms with van der Waals surface area (Å²) in [7, 11) is 0. The molecule has 1 saturated heterocycles. The standard InChI is InChI=1S/C13H25N3O2/c1-4-16(5-2)13(18)10(3)15-12(17)9-11-7-6-8-14-11/h10-11,14H,4-9H2,1-3H3,(H,15,17). The Morgan fingerprint density at radius 3 is 2.56 bits per heavy atom. The summed E-state index contributed by atoms with van der Waals surface area (Å²) in [6, 6.07) is -0.153. The lowest BCUT2D eigenvalue weighted by Gasteiger charge is -2.23. The summed E-state index contributed by atoms with van der Waals surface area (Å²) < 4.78 is 0. The van der Waals surface area contributed by atoms with Crippen molar-refractivity contribution in [3.8, 4) is 0 Å². The fraction of sp³-hybridized carbons (Fsp3) is 0.846. The first-order valence-corrected chi connectivity index (χ1v) is 6.90. The Balaban J connectivity index is 2.35. The lowest BCUT2D eigenvalue weighted by molar-refractivity contribution is -0.135. The van der Waals surface area contributed by atoms with Crippen molar-refractivity contribution >= 4 is 11.8 Å². The molecule has 0 bridgehead atoms. The highest BCUT2D eigenvalue weighted by molar-refractivity contribution is 5.87. The van der Waals surface area contributed by atoms with Crippen molar-refractivity contribution in [1.29, 1.82) is 0 Å². The van der Waals surface area contributed by atoms with Crippen LogP contribution < -0.4 is 10.6 Å². The Morgan fingerprint density at radius 2 is 2.06 bits per heavy atom. The van der Waals surface area contributed by atoms with Crippen LogP contribution in [0.3, 0.4) is 0 Å². The van der Waals surface area contributed by atoms with E-state index in [1.807, 2.05) is 13.8 Å². The van der Waals surface area contributed by atoms with Crippen molar-refractivity contribution in [3.05, 3.63) is 0 Å². The summed E-state index contributed by atoms with van der Waals surface area (Å²) in [6.07, 6.45) is 2.65. The predicted molar refractivity (Wildman–Crippen MR) is 71.2 cm³/mol. The van der Waals surface area contributed by atoms with Gasteiger partial charge >= 0.3 is 0 Å². The van der Waals surface area contributed by atoms with E-state index >= 15 is 0 Å². The van der Waals surface area contributed by atoms with Crippen molar-refractivity contribution in [2.24, 2.45) is 0 Å². The Bertz CT molecular complexity index is 284. The van der Waals surface area contributed by atoms with Gasteiger partial charge in [0.05, 0.1) is 0 Å². The number of rotatable bonds is 6. The molecule has 0 aromatic rings. The van der Waals surface area contributed by atoms with Crippen LogP contribution in [0.25, 0.3) is 0 Å². The molecule has 0 aliphatic carbocycles. The Hall–Kier alpha value is -1.10. The molecule has 2 N–H and O–H groups in total. The molecule has 0 aromatic heterocycles. The predicted octanol–water partition coefficient (Wildman–Crippen LogP) is 0.502. The Morgan fingerprint density at radius 1 is 1.39 bits per heavy atom. The smallest absolute Gasteiger partial charge is 0.244 e. The highest BCUT2D eigenvalue weighted by atomic mass is 16.2. The third kappa shape index (κ3) is 4.29. The SMILES string of the molecule is CCN(CC)C(=O)C(C)NC(=O)CC1CCCN1. The number of nitrogens with zero attached hydrogens (tertiary/aromatic N) is 1. The van der Waals surface area contributed by atoms with Crippen LogP contribution >= 0.6 is 0 Å². The van der Waals surface area contributed by atoms with E-state index < -0.39 is 6.04 Å². The van der Waals surface area contributed by atoms with Crippen molar-refractivity contribution < 1.29 is 9.59 Å². The third-order valence-electron chi connectivity index (χ3n) is 3.42. The van der Waals surface area contributed by atoms with Crippen LogP contribution in [0.5, 0.6) is 0 Å². The quantitative estimate of drug-likeness (QED) is 0.726. The molecule has 0 aromatic carbocycles. The summed E-state index contributed by atoms with van der Waals surface area (Å²) >= 11 is 0. The number of carbonyl (C=O) groups excluding carboxylic acids is 2. The second kappa shape index (κ2) is 7.36. The summed E-state index contributed by atoms with van der Waals surface area (Å²) in [5.74, 6) is -0.0462. The number of nitrogens with one attached hydrogen (secondary N) is 2. The van der Waals surface area contributed by atoms with E-state index in [2.05, 4.69) is 10.6 Å². The van der Waals surface area contributed by atoms with E-state index in [0.29, 0.717) is 19.5 Å². The van der Waals surface area contributed by atoms with Crippen LogP contribution in [0.4, 0.5) is 0 Å². The molecule has 0 radical (unpaired) electrons. The van der Waals surface area contributed by atoms with E-state index in [4.69, 9.17) is 0 Å². The van der Waals surface area contributed by atoms with Gasteiger partial charge in [0.1, 0.15) is 6.04 Å². The van der Waals surface area contributed by atoms with Crippen LogP contribution in [0, 0.1) is 0 Å². The van der Waals surface area contributed by atoms with Crippen molar-refractivity contribution in [1.82, 2.24) is 15.5 Å². The second-order valence-electron chi connectivity index (χ2n) is 4.80. The second-order valence-corrected chi connectivity index (χ2v) is 4.80. The molecule has 1 fully saturated rings. The van der Waals surface area contributed by atoms with E-state index in [1.165, 1.54) is 0 Å². The first-order valence-electron chi connectivity index (χ1n) is 6.90. The fourth-order valence-corrected chi connectivity index (χ4v) is 2.33. The third-order valence-corrected chi connectivity index (χ3v) is 3.42. The van der Waals surface area contributed by atoms with Gasteiger partial charge in [-0.2, -0.15) is 0 Å². The molecule has 0 saturated carbocycles. The Labute approximate surface area is 109 Å². The largest absolute Gasteiger partial charge is 0.345 e. The molecular weight excluding hydrogens is 230 g/mol. The molecule has 1 aliphatic rings. The molecule has 2 amide bonds. The van der Waals surface area contributed by atoms with Gasteiger partial charge in [-0.25, -0.2) is 0 Å². The first kappa shape index (κ1) is 15.0. The van der Waals surface area contributed by atoms with Gasteiger partial charge in [0.15, 0.2) is 0 Å². The van der Waals surface area contributed by atoms with Gasteiger partial charge in [0, 0.05) is 25.6 Å². The van der Waals surface area contributed by atoms with E-state index in [0.717, 1.165) is 19.4 Å². The molecule has 104 valence electrons. The molecule has 1 heterocycles. The van der Waals surface area contributed by atoms with Gasteiger partial charge in [-0.1, -0.05) is 0 Å². The van der Waals surface area contributed by atoms with Crippen molar-refractivity contribution in [2.45, 2.75) is 52.1 Å². The summed E-state index contributed by atoms with van der Waals surface area (Å²) in [5.41, 5.74) is 0. The zero-order valence-electron chi connectivity index (χ0n) is 11.7. The minimum atomic E-state index is -0.432. The van der Waals surface area contributed by atoms with Crippen molar-refractivity contribution in [3.63, 3.8) is 0 Å². The molecule has 2 atom stereocenters. The number of carbonyl (C=O) groups is 2. The number of amides is 2. The van der Waals surface area contributed by atoms with Gasteiger partial charge in [0.2, 0.25) is 11.8 Å². The number of hydrogen-bond donors (Lipinski definition) is 2. The highest BCUT2D eigenvalue weighted by Gasteiger charge is 2.22. The van der Waals surface area contributed by atoms with E-state index in [9.17, 15) is 9.59 Å². The zero-order valence-corrected chi connectivity index (χ0v) is 11.7. The molecule has 5 heteroatoms. The van der Waals surface area contributed by atoms with Crippen LogP contribution in [0.2, 0.25) is 0 Å². The van der Waals surface area contributed by atoms with Crippen LogP contribution in [-0.4, -0.2) is 48.4 Å². The average molecular weight is 255 g/mol. The summed E-state index contributed by atoms with van der Waals surface area (Å²) in [5, 5.41) is 6.06. The topological polar surface area (TPSA) is 61.4 Å². The minimum Gasteiger partial charge on any atom is -0.345 e. The van der Waals surface area contributed by atoms with Crippen LogP contribution in [0.1, 0.15) is 40.0 Å². The maximum absolute atomic E-state index is 12.0. The molecule has 18 heavy (non-hydrogen) atoms. The first-order chi connectivity index (χ1) is 8.58. The number of hydrogen-bond acceptors (Lipinski definition) is 3. The molecule has 0 spiro atoms. The summed E-state index contributed by atoms with van der Waals surface area (Å²) in [4.78, 5) is 25.5. The number of likely N-dealkylation sites (N-methyl/N-ethyl adjacent to an activating group) is 1. The van der Waals surface area contributed by atoms with Gasteiger partial charge in [-0.15, -0.1) is 0 Å². The van der Waals surface area contributed by atoms with Gasteiger partial charge in [-0.05, 0) is 40.2 Å². The van der Waals surface area contributed by atoms with E-state index in [1.54, 1.807) is 11.8 Å². The van der Waals surface area contributed by atoms with Crippen molar-refractivity contribution in [2.75, 3.05) is 19.6 Å². The molecule has 1 aliphatic heterocycles. The molecule has 2 unspecified atom stereocenters. The lowest BCUT2D eigenvalue weighted by atomic mass is 10.1. The van der Waals surface area contributed by atoms with Gasteiger partial charge < -0.3 is 15.5 Å². The Kier molecular flexibility index (Phi) is 6.12. The normalized spacial score (nSPS) is 20.5. The van der Waals surface area contributed by atoms with Gasteiger partial charge in [-0.3, -0.25) is 9.59 Å². The fourth-order valence-electron chi connectivity index (χ4n) is 2.33. The van der Waals surface area contributed by atoms with E-state index in [-0.39, 0.29) is 17.9 Å². The average Bonchev–Trinajstić information content (AvgIpc) is 2.82. The lowest BCUT2D eigenvalue weighted by Crippen LogP contribution is -2.47. The summed E-state index contributed by atoms with van der Waals surface area (Å²) in [6.45, 7) is 7.99. The maximum Gasteiger partial charge on any atom is 0.244 e. The molecule has 5 nitrogen and oxygen atoms in total. The monoisotopic (exact) mass is 255 g/mol. The molecular formula is C13H25N3O2. The highest BCUT2D eigenvalue weighted by Crippen LogP contribution is 2.08. The van der Waals surface area contributed by atoms with Gasteiger partial charge in [0.25, 0.3) is 0 Å². The van der Waals surface area contributed by atoms with Crippen LogP contribution in [0.15, 0.2) is 0 Å².